The van der Waals surface area contributed by atoms with E-state index in [1.807, 2.05) is 0 Å². The number of fused-ring (bicyclic) bond motifs is 1. The molecule has 2 heterocycles. The predicted octanol–water partition coefficient (Wildman–Crippen LogP) is 1.61. The molecule has 2 aliphatic carbocycles. The Morgan fingerprint density at radius 1 is 1.19 bits per heavy atom. The zero-order chi connectivity index (χ0) is 21.8. The number of benzene rings is 1. The maximum Gasteiger partial charge on any atom is 0.274 e. The number of nitrogens with zero attached hydrogens (tertiary/aromatic N) is 3. The number of hydrogen-bond donors (Lipinski definition) is 2. The van der Waals surface area contributed by atoms with Gasteiger partial charge in [-0.25, -0.2) is 9.37 Å². The first-order valence-corrected chi connectivity index (χ1v) is 10.6. The van der Waals surface area contributed by atoms with E-state index in [2.05, 4.69) is 15.6 Å². The van der Waals surface area contributed by atoms with E-state index in [1.54, 1.807) is 28.5 Å². The lowest BCUT2D eigenvalue weighted by Crippen LogP contribution is -2.64. The molecule has 1 atom stereocenters. The van der Waals surface area contributed by atoms with Crippen LogP contribution in [-0.4, -0.2) is 49.8 Å². The number of amides is 3. The van der Waals surface area contributed by atoms with Gasteiger partial charge in [0.15, 0.2) is 5.69 Å². The highest BCUT2D eigenvalue weighted by Crippen LogP contribution is 2.39. The number of carbonyl (C=O) groups excluding carboxylic acids is 3. The fourth-order valence-corrected chi connectivity index (χ4v) is 4.18. The van der Waals surface area contributed by atoms with Crippen molar-refractivity contribution in [2.75, 3.05) is 0 Å². The van der Waals surface area contributed by atoms with Crippen molar-refractivity contribution in [1.29, 1.82) is 0 Å². The summed E-state index contributed by atoms with van der Waals surface area (Å²) in [6.45, 7) is 2.19. The van der Waals surface area contributed by atoms with E-state index in [0.29, 0.717) is 0 Å². The van der Waals surface area contributed by atoms with Crippen LogP contribution in [0, 0.1) is 5.82 Å². The first-order chi connectivity index (χ1) is 14.9. The van der Waals surface area contributed by atoms with Crippen molar-refractivity contribution in [3.05, 3.63) is 53.4 Å². The minimum Gasteiger partial charge on any atom is -0.350 e. The van der Waals surface area contributed by atoms with Gasteiger partial charge in [-0.05, 0) is 50.3 Å². The molecule has 2 saturated carbocycles. The van der Waals surface area contributed by atoms with Gasteiger partial charge in [0, 0.05) is 18.6 Å². The maximum atomic E-state index is 13.5. The van der Waals surface area contributed by atoms with E-state index < -0.39 is 5.54 Å². The van der Waals surface area contributed by atoms with E-state index in [-0.39, 0.29) is 60.1 Å². The minimum absolute atomic E-state index is 0.0305. The minimum atomic E-state index is -1.11. The largest absolute Gasteiger partial charge is 0.350 e. The summed E-state index contributed by atoms with van der Waals surface area (Å²) in [5, 5.41) is 5.77. The maximum absolute atomic E-state index is 13.5. The molecule has 0 spiro atoms. The summed E-state index contributed by atoms with van der Waals surface area (Å²) in [6, 6.07) is 6.04. The van der Waals surface area contributed by atoms with Crippen molar-refractivity contribution in [3.63, 3.8) is 0 Å². The smallest absolute Gasteiger partial charge is 0.274 e. The van der Waals surface area contributed by atoms with Crippen molar-refractivity contribution < 1.29 is 18.8 Å². The molecule has 0 bridgehead atoms. The summed E-state index contributed by atoms with van der Waals surface area (Å²) >= 11 is 0. The average Bonchev–Trinajstić information content (AvgIpc) is 3.67. The Kier molecular flexibility index (Phi) is 4.56. The quantitative estimate of drug-likeness (QED) is 0.735. The summed E-state index contributed by atoms with van der Waals surface area (Å²) in [5.74, 6) is -1.31. The van der Waals surface area contributed by atoms with E-state index >= 15 is 0 Å². The van der Waals surface area contributed by atoms with Crippen LogP contribution in [0.2, 0.25) is 0 Å². The molecule has 8 nitrogen and oxygen atoms in total. The summed E-state index contributed by atoms with van der Waals surface area (Å²) in [6.07, 6.45) is 4.99. The third-order valence-electron chi connectivity index (χ3n) is 6.16. The van der Waals surface area contributed by atoms with E-state index in [0.717, 1.165) is 31.2 Å². The molecule has 31 heavy (non-hydrogen) atoms. The lowest BCUT2D eigenvalue weighted by molar-refractivity contribution is -0.133. The van der Waals surface area contributed by atoms with Crippen LogP contribution < -0.4 is 10.6 Å². The molecule has 2 N–H and O–H groups in total. The molecule has 1 aliphatic heterocycles. The zero-order valence-corrected chi connectivity index (χ0v) is 17.2. The Morgan fingerprint density at radius 2 is 1.90 bits per heavy atom. The molecule has 5 rings (SSSR count). The van der Waals surface area contributed by atoms with Gasteiger partial charge in [0.25, 0.3) is 11.8 Å². The number of imidazole rings is 1. The van der Waals surface area contributed by atoms with Crippen molar-refractivity contribution >= 4 is 17.7 Å². The van der Waals surface area contributed by atoms with Gasteiger partial charge in [0.05, 0.1) is 12.9 Å². The van der Waals surface area contributed by atoms with Gasteiger partial charge in [0.2, 0.25) is 5.91 Å². The van der Waals surface area contributed by atoms with Gasteiger partial charge in [-0.2, -0.15) is 0 Å². The van der Waals surface area contributed by atoms with Crippen LogP contribution >= 0.6 is 0 Å². The fourth-order valence-electron chi connectivity index (χ4n) is 4.18. The molecule has 3 amide bonds. The van der Waals surface area contributed by atoms with Crippen molar-refractivity contribution in [1.82, 2.24) is 25.1 Å². The summed E-state index contributed by atoms with van der Waals surface area (Å²) in [7, 11) is 0. The third-order valence-corrected chi connectivity index (χ3v) is 6.16. The van der Waals surface area contributed by atoms with E-state index in [9.17, 15) is 18.8 Å². The number of hydrogen-bond acceptors (Lipinski definition) is 4. The van der Waals surface area contributed by atoms with Crippen LogP contribution in [0.1, 0.15) is 59.1 Å². The molecule has 0 saturated heterocycles. The molecular weight excluding hydrogens is 401 g/mol. The highest BCUT2D eigenvalue weighted by atomic mass is 19.1. The van der Waals surface area contributed by atoms with Crippen LogP contribution in [0.3, 0.4) is 0 Å². The Bertz CT molecular complexity index is 1060. The SMILES string of the molecule is CC1(C(=O)NCc2ccc(F)cc2)Cn2cnc(C(=O)NC3CC3)c2C(=O)N1C1CC1. The molecule has 9 heteroatoms. The Morgan fingerprint density at radius 3 is 2.55 bits per heavy atom. The molecule has 2 aromatic rings. The standard InChI is InChI=1S/C22H24FN5O3/c1-22(21(31)24-10-13-2-4-14(23)5-3-13)11-27-12-25-17(19(29)26-15-6-7-15)18(27)20(30)28(22)16-8-9-16/h2-5,12,15-16H,6-11H2,1H3,(H,24,31)(H,26,29). The molecule has 1 aromatic carbocycles. The summed E-state index contributed by atoms with van der Waals surface area (Å²) in [5.41, 5.74) is 0.0157. The number of rotatable bonds is 6. The van der Waals surface area contributed by atoms with Crippen molar-refractivity contribution in [2.45, 2.75) is 63.3 Å². The second kappa shape index (κ2) is 7.18. The second-order valence-electron chi connectivity index (χ2n) is 8.81. The predicted molar refractivity (Wildman–Crippen MR) is 109 cm³/mol. The Labute approximate surface area is 178 Å². The molecular formula is C22H24FN5O3. The lowest BCUT2D eigenvalue weighted by atomic mass is 9.93. The second-order valence-corrected chi connectivity index (χ2v) is 8.81. The molecule has 162 valence electrons. The number of carbonyl (C=O) groups is 3. The lowest BCUT2D eigenvalue weighted by Gasteiger charge is -2.44. The molecule has 2 fully saturated rings. The van der Waals surface area contributed by atoms with Crippen molar-refractivity contribution in [3.8, 4) is 0 Å². The highest BCUT2D eigenvalue weighted by molar-refractivity contribution is 6.07. The molecule has 3 aliphatic rings. The van der Waals surface area contributed by atoms with Crippen LogP contribution in [0.5, 0.6) is 0 Å². The van der Waals surface area contributed by atoms with E-state index in [1.165, 1.54) is 18.5 Å². The van der Waals surface area contributed by atoms with Crippen LogP contribution in [0.15, 0.2) is 30.6 Å². The van der Waals surface area contributed by atoms with Gasteiger partial charge in [-0.1, -0.05) is 12.1 Å². The third kappa shape index (κ3) is 3.58. The molecule has 1 aromatic heterocycles. The fraction of sp³-hybridized carbons (Fsp3) is 0.455. The number of aromatic nitrogens is 2. The zero-order valence-electron chi connectivity index (χ0n) is 17.2. The first-order valence-electron chi connectivity index (χ1n) is 10.6. The monoisotopic (exact) mass is 425 g/mol. The van der Waals surface area contributed by atoms with Gasteiger partial charge in [-0.3, -0.25) is 14.4 Å². The highest BCUT2D eigenvalue weighted by Gasteiger charge is 2.53. The average molecular weight is 425 g/mol. The number of nitrogens with one attached hydrogen (secondary N) is 2. The van der Waals surface area contributed by atoms with Gasteiger partial charge in [0.1, 0.15) is 17.1 Å². The van der Waals surface area contributed by atoms with Crippen molar-refractivity contribution in [2.24, 2.45) is 0 Å². The van der Waals surface area contributed by atoms with Gasteiger partial charge < -0.3 is 20.1 Å². The van der Waals surface area contributed by atoms with Crippen LogP contribution in [0.25, 0.3) is 0 Å². The topological polar surface area (TPSA) is 96.3 Å². The molecule has 1 unspecified atom stereocenters. The Balaban J connectivity index is 1.40. The van der Waals surface area contributed by atoms with Crippen LogP contribution in [-0.2, 0) is 17.9 Å². The van der Waals surface area contributed by atoms with E-state index in [4.69, 9.17) is 0 Å². The first kappa shape index (κ1) is 19.7. The van der Waals surface area contributed by atoms with Gasteiger partial charge in [-0.15, -0.1) is 0 Å². The van der Waals surface area contributed by atoms with Gasteiger partial charge >= 0.3 is 0 Å². The molecule has 0 radical (unpaired) electrons. The van der Waals surface area contributed by atoms with Crippen LogP contribution in [0.4, 0.5) is 4.39 Å². The Hall–Kier alpha value is -3.23. The normalized spacial score (nSPS) is 22.8. The summed E-state index contributed by atoms with van der Waals surface area (Å²) < 4.78 is 14.7. The summed E-state index contributed by atoms with van der Waals surface area (Å²) in [4.78, 5) is 45.2. The number of halogens is 1.